The van der Waals surface area contributed by atoms with Gasteiger partial charge in [-0.1, -0.05) is 6.92 Å². The van der Waals surface area contributed by atoms with Crippen LogP contribution in [0.25, 0.3) is 6.08 Å². The van der Waals surface area contributed by atoms with Crippen molar-refractivity contribution in [2.45, 2.75) is 19.3 Å². The molecular weight excluding hydrogens is 304 g/mol. The van der Waals surface area contributed by atoms with Crippen LogP contribution in [0.5, 0.6) is 0 Å². The van der Waals surface area contributed by atoms with Crippen LogP contribution in [0.4, 0.5) is 5.69 Å². The average molecular weight is 324 g/mol. The van der Waals surface area contributed by atoms with Crippen molar-refractivity contribution in [3.05, 3.63) is 59.6 Å². The molecule has 1 aliphatic rings. The Bertz CT molecular complexity index is 774. The van der Waals surface area contributed by atoms with E-state index in [1.54, 1.807) is 37.4 Å². The minimum Gasteiger partial charge on any atom is -0.461 e. The van der Waals surface area contributed by atoms with Crippen molar-refractivity contribution in [3.8, 4) is 0 Å². The Morgan fingerprint density at radius 3 is 2.50 bits per heavy atom. The van der Waals surface area contributed by atoms with E-state index < -0.39 is 0 Å². The zero-order valence-corrected chi connectivity index (χ0v) is 13.7. The van der Waals surface area contributed by atoms with E-state index in [-0.39, 0.29) is 11.8 Å². The Morgan fingerprint density at radius 1 is 1.17 bits per heavy atom. The summed E-state index contributed by atoms with van der Waals surface area (Å²) in [6.07, 6.45) is 4.26. The topological polar surface area (TPSA) is 71.3 Å². The SMILES string of the molecule is CNC(=O)c1ccc(NC(=O)/C=C/c2ccc(C3CC3C)o2)cc1. The number of benzene rings is 1. The van der Waals surface area contributed by atoms with Crippen molar-refractivity contribution in [1.29, 1.82) is 0 Å². The van der Waals surface area contributed by atoms with Crippen LogP contribution in [0.3, 0.4) is 0 Å². The van der Waals surface area contributed by atoms with Crippen LogP contribution < -0.4 is 10.6 Å². The second-order valence-corrected chi connectivity index (χ2v) is 6.04. The molecule has 1 saturated carbocycles. The van der Waals surface area contributed by atoms with E-state index in [9.17, 15) is 9.59 Å². The highest BCUT2D eigenvalue weighted by Gasteiger charge is 2.36. The monoisotopic (exact) mass is 324 g/mol. The van der Waals surface area contributed by atoms with Crippen LogP contribution >= 0.6 is 0 Å². The molecule has 1 heterocycles. The Morgan fingerprint density at radius 2 is 1.88 bits per heavy atom. The van der Waals surface area contributed by atoms with Gasteiger partial charge in [0.2, 0.25) is 5.91 Å². The molecule has 0 saturated heterocycles. The zero-order chi connectivity index (χ0) is 17.1. The molecule has 5 heteroatoms. The van der Waals surface area contributed by atoms with E-state index in [0.29, 0.717) is 28.8 Å². The first-order valence-electron chi connectivity index (χ1n) is 7.98. The summed E-state index contributed by atoms with van der Waals surface area (Å²) < 4.78 is 5.72. The number of hydrogen-bond acceptors (Lipinski definition) is 3. The lowest BCUT2D eigenvalue weighted by atomic mass is 10.2. The molecule has 2 unspecified atom stereocenters. The molecule has 124 valence electrons. The lowest BCUT2D eigenvalue weighted by Gasteiger charge is -2.03. The Balaban J connectivity index is 1.56. The Labute approximate surface area is 140 Å². The number of amides is 2. The summed E-state index contributed by atoms with van der Waals surface area (Å²) in [4.78, 5) is 23.4. The van der Waals surface area contributed by atoms with Crippen LogP contribution in [0.2, 0.25) is 0 Å². The molecule has 0 aliphatic heterocycles. The maximum atomic E-state index is 11.9. The third-order valence-corrected chi connectivity index (χ3v) is 4.16. The molecule has 0 bridgehead atoms. The third kappa shape index (κ3) is 3.74. The average Bonchev–Trinajstić information content (AvgIpc) is 3.13. The number of rotatable bonds is 5. The van der Waals surface area contributed by atoms with Crippen molar-refractivity contribution >= 4 is 23.6 Å². The summed E-state index contributed by atoms with van der Waals surface area (Å²) in [6, 6.07) is 10.6. The number of carbonyl (C=O) groups is 2. The fraction of sp³-hybridized carbons (Fsp3) is 0.263. The highest BCUT2D eigenvalue weighted by Crippen LogP contribution is 2.47. The quantitative estimate of drug-likeness (QED) is 0.828. The van der Waals surface area contributed by atoms with Crippen LogP contribution in [0.1, 0.15) is 41.1 Å². The van der Waals surface area contributed by atoms with Gasteiger partial charge in [0, 0.05) is 30.3 Å². The molecule has 24 heavy (non-hydrogen) atoms. The molecule has 2 amide bonds. The fourth-order valence-electron chi connectivity index (χ4n) is 2.57. The van der Waals surface area contributed by atoms with Crippen molar-refractivity contribution in [2.75, 3.05) is 12.4 Å². The number of nitrogens with one attached hydrogen (secondary N) is 2. The van der Waals surface area contributed by atoms with E-state index in [1.165, 1.54) is 12.5 Å². The zero-order valence-electron chi connectivity index (χ0n) is 13.7. The number of hydrogen-bond donors (Lipinski definition) is 2. The van der Waals surface area contributed by atoms with Crippen molar-refractivity contribution in [1.82, 2.24) is 5.32 Å². The maximum absolute atomic E-state index is 11.9. The molecule has 5 nitrogen and oxygen atoms in total. The number of anilines is 1. The van der Waals surface area contributed by atoms with Crippen molar-refractivity contribution in [2.24, 2.45) is 5.92 Å². The predicted molar refractivity (Wildman–Crippen MR) is 92.7 cm³/mol. The van der Waals surface area contributed by atoms with E-state index in [0.717, 1.165) is 5.76 Å². The normalized spacial score (nSPS) is 19.2. The van der Waals surface area contributed by atoms with Gasteiger partial charge in [0.05, 0.1) is 0 Å². The minimum absolute atomic E-state index is 0.161. The largest absolute Gasteiger partial charge is 0.461 e. The highest BCUT2D eigenvalue weighted by atomic mass is 16.3. The number of furan rings is 1. The second-order valence-electron chi connectivity index (χ2n) is 6.04. The summed E-state index contributed by atoms with van der Waals surface area (Å²) in [5, 5.41) is 5.30. The van der Waals surface area contributed by atoms with Gasteiger partial charge in [-0.15, -0.1) is 0 Å². The molecule has 1 fully saturated rings. The Kier molecular flexibility index (Phi) is 4.51. The summed E-state index contributed by atoms with van der Waals surface area (Å²) in [5.41, 5.74) is 1.17. The van der Waals surface area contributed by atoms with Crippen LogP contribution in [0.15, 0.2) is 46.9 Å². The summed E-state index contributed by atoms with van der Waals surface area (Å²) in [7, 11) is 1.58. The fourth-order valence-corrected chi connectivity index (χ4v) is 2.57. The van der Waals surface area contributed by atoms with Gasteiger partial charge in [-0.05, 0) is 54.8 Å². The second kappa shape index (κ2) is 6.74. The van der Waals surface area contributed by atoms with Crippen molar-refractivity contribution in [3.63, 3.8) is 0 Å². The molecule has 0 radical (unpaired) electrons. The highest BCUT2D eigenvalue weighted by molar-refractivity contribution is 6.02. The van der Waals surface area contributed by atoms with Crippen LogP contribution in [0, 0.1) is 5.92 Å². The van der Waals surface area contributed by atoms with E-state index in [1.807, 2.05) is 12.1 Å². The van der Waals surface area contributed by atoms with Crippen LogP contribution in [-0.2, 0) is 4.79 Å². The molecule has 1 aliphatic carbocycles. The van der Waals surface area contributed by atoms with Gasteiger partial charge in [0.15, 0.2) is 0 Å². The minimum atomic E-state index is -0.250. The molecule has 2 N–H and O–H groups in total. The first-order chi connectivity index (χ1) is 11.6. The van der Waals surface area contributed by atoms with Gasteiger partial charge in [0.25, 0.3) is 5.91 Å². The molecule has 1 aromatic heterocycles. The maximum Gasteiger partial charge on any atom is 0.251 e. The number of carbonyl (C=O) groups excluding carboxylic acids is 2. The van der Waals surface area contributed by atoms with Gasteiger partial charge in [0.1, 0.15) is 11.5 Å². The summed E-state index contributed by atoms with van der Waals surface area (Å²) in [6.45, 7) is 2.20. The van der Waals surface area contributed by atoms with Crippen molar-refractivity contribution < 1.29 is 14.0 Å². The molecule has 2 atom stereocenters. The van der Waals surface area contributed by atoms with Crippen LogP contribution in [-0.4, -0.2) is 18.9 Å². The third-order valence-electron chi connectivity index (χ3n) is 4.16. The van der Waals surface area contributed by atoms with E-state index >= 15 is 0 Å². The van der Waals surface area contributed by atoms with Gasteiger partial charge in [-0.25, -0.2) is 0 Å². The lowest BCUT2D eigenvalue weighted by Crippen LogP contribution is -2.17. The summed E-state index contributed by atoms with van der Waals surface area (Å²) in [5.74, 6) is 2.47. The molecule has 1 aromatic carbocycles. The predicted octanol–water partition coefficient (Wildman–Crippen LogP) is 3.41. The molecule has 0 spiro atoms. The first kappa shape index (κ1) is 16.1. The van der Waals surface area contributed by atoms with Gasteiger partial charge >= 0.3 is 0 Å². The molecule has 3 rings (SSSR count). The Hall–Kier alpha value is -2.82. The van der Waals surface area contributed by atoms with Gasteiger partial charge in [-0.2, -0.15) is 0 Å². The standard InChI is InChI=1S/C19H20N2O3/c1-12-11-16(12)17-9-7-15(24-17)8-10-18(22)21-14-5-3-13(4-6-14)19(23)20-2/h3-10,12,16H,11H2,1-2H3,(H,20,23)(H,21,22)/b10-8+. The molecule has 2 aromatic rings. The molecular formula is C19H20N2O3. The smallest absolute Gasteiger partial charge is 0.251 e. The lowest BCUT2D eigenvalue weighted by molar-refractivity contribution is -0.111. The first-order valence-corrected chi connectivity index (χ1v) is 7.98. The van der Waals surface area contributed by atoms with Gasteiger partial charge < -0.3 is 15.1 Å². The van der Waals surface area contributed by atoms with E-state index in [2.05, 4.69) is 17.6 Å². The summed E-state index contributed by atoms with van der Waals surface area (Å²) >= 11 is 0. The van der Waals surface area contributed by atoms with E-state index in [4.69, 9.17) is 4.42 Å². The van der Waals surface area contributed by atoms with Gasteiger partial charge in [-0.3, -0.25) is 9.59 Å².